The molecular formula is C48H49N9O4. The number of benzene rings is 2. The molecule has 13 nitrogen and oxygen atoms in total. The van der Waals surface area contributed by atoms with E-state index in [0.29, 0.717) is 44.6 Å². The summed E-state index contributed by atoms with van der Waals surface area (Å²) in [5, 5.41) is 10.0. The van der Waals surface area contributed by atoms with Gasteiger partial charge in [0.15, 0.2) is 5.82 Å². The van der Waals surface area contributed by atoms with E-state index >= 15 is 0 Å². The zero-order chi connectivity index (χ0) is 41.5. The molecule has 2 fully saturated rings. The van der Waals surface area contributed by atoms with E-state index in [9.17, 15) is 9.59 Å². The molecule has 1 N–H and O–H groups in total. The number of anilines is 6. The lowest BCUT2D eigenvalue weighted by Gasteiger charge is -2.35. The molecule has 2 aliphatic heterocycles. The first-order valence-electron chi connectivity index (χ1n) is 21.4. The number of nitrogens with one attached hydrogen (secondary N) is 1. The first-order chi connectivity index (χ1) is 29.9. The molecule has 6 heterocycles. The lowest BCUT2D eigenvalue weighted by molar-refractivity contribution is -0.125. The highest BCUT2D eigenvalue weighted by atomic mass is 16.7. The van der Waals surface area contributed by atoms with Crippen molar-refractivity contribution in [2.24, 2.45) is 18.9 Å². The molecule has 2 amide bonds. The number of rotatable bonds is 7. The second-order valence-corrected chi connectivity index (χ2v) is 16.6. The van der Waals surface area contributed by atoms with Crippen LogP contribution in [0.3, 0.4) is 0 Å². The van der Waals surface area contributed by atoms with Gasteiger partial charge in [-0.3, -0.25) is 24.1 Å². The first-order valence-corrected chi connectivity index (χ1v) is 21.4. The fourth-order valence-corrected chi connectivity index (χ4v) is 9.44. The first kappa shape index (κ1) is 38.7. The maximum atomic E-state index is 14.8. The van der Waals surface area contributed by atoms with E-state index in [1.165, 1.54) is 0 Å². The largest absolute Gasteiger partial charge is 0.381 e. The Hall–Kier alpha value is -6.44. The van der Waals surface area contributed by atoms with Crippen molar-refractivity contribution in [1.29, 1.82) is 0 Å². The molecule has 2 aromatic carbocycles. The molecule has 6 aromatic rings. The number of ether oxygens (including phenoxy) is 1. The van der Waals surface area contributed by atoms with Gasteiger partial charge in [-0.25, -0.2) is 15.0 Å². The Labute approximate surface area is 355 Å². The van der Waals surface area contributed by atoms with Crippen LogP contribution in [0.25, 0.3) is 22.4 Å². The van der Waals surface area contributed by atoms with Crippen LogP contribution in [0, 0.1) is 11.8 Å². The van der Waals surface area contributed by atoms with Crippen molar-refractivity contribution in [3.8, 4) is 22.4 Å². The topological polar surface area (TPSA) is 131 Å². The minimum Gasteiger partial charge on any atom is -0.381 e. The van der Waals surface area contributed by atoms with Crippen LogP contribution in [0.2, 0.25) is 0 Å². The maximum Gasteiger partial charge on any atom is 0.230 e. The van der Waals surface area contributed by atoms with Gasteiger partial charge in [-0.2, -0.15) is 5.10 Å². The number of carbonyl (C=O) groups is 2. The quantitative estimate of drug-likeness (QED) is 0.167. The van der Waals surface area contributed by atoms with E-state index in [4.69, 9.17) is 14.6 Å². The summed E-state index contributed by atoms with van der Waals surface area (Å²) in [6, 6.07) is 26.2. The second kappa shape index (κ2) is 16.5. The molecule has 0 saturated heterocycles. The molecular weight excluding hydrogens is 767 g/mol. The van der Waals surface area contributed by atoms with E-state index in [1.807, 2.05) is 88.8 Å². The summed E-state index contributed by atoms with van der Waals surface area (Å²) >= 11 is 0. The zero-order valence-corrected chi connectivity index (χ0v) is 34.5. The summed E-state index contributed by atoms with van der Waals surface area (Å²) in [4.78, 5) is 54.0. The summed E-state index contributed by atoms with van der Waals surface area (Å²) < 4.78 is 7.43. The Balaban J connectivity index is 0.930. The summed E-state index contributed by atoms with van der Waals surface area (Å²) in [6.45, 7) is 0.772. The summed E-state index contributed by atoms with van der Waals surface area (Å²) in [5.74, 6) is 1.30. The maximum absolute atomic E-state index is 14.8. The number of nitrogens with zero attached hydrogens (tertiary/aromatic N) is 8. The Morgan fingerprint density at radius 1 is 0.656 bits per heavy atom. The van der Waals surface area contributed by atoms with Crippen LogP contribution < -0.4 is 20.2 Å². The minimum absolute atomic E-state index is 0.0907. The van der Waals surface area contributed by atoms with Crippen LogP contribution in [0.15, 0.2) is 110 Å². The number of carbonyl (C=O) groups excluding carboxylic acids is 2. The average Bonchev–Trinajstić information content (AvgIpc) is 3.61. The summed E-state index contributed by atoms with van der Waals surface area (Å²) in [7, 11) is 3.66. The van der Waals surface area contributed by atoms with Gasteiger partial charge in [0.2, 0.25) is 11.8 Å². The second-order valence-electron chi connectivity index (χ2n) is 16.6. The third-order valence-electron chi connectivity index (χ3n) is 12.8. The molecule has 4 aromatic heterocycles. The SMILES string of the molecule is CO[C@H]1CC[C@H](C(=O)N2Cc3cccnc3N(O[C@H]3CC[C@H](C(=O)N4Cc5cccnc5Nc5ccc(-c6ccncc6)cc54)CC3)c3ccc(-c4ccn(C)n4)cc32)CC1. The number of aryl methyl sites for hydroxylation is 1. The van der Waals surface area contributed by atoms with E-state index < -0.39 is 0 Å². The third-order valence-corrected chi connectivity index (χ3v) is 12.8. The highest BCUT2D eigenvalue weighted by Gasteiger charge is 2.38. The molecule has 0 bridgehead atoms. The van der Waals surface area contributed by atoms with Gasteiger partial charge in [0.1, 0.15) is 5.82 Å². The van der Waals surface area contributed by atoms with E-state index in [0.717, 1.165) is 87.8 Å². The Bertz CT molecular complexity index is 2560. The molecule has 61 heavy (non-hydrogen) atoms. The van der Waals surface area contributed by atoms with Gasteiger partial charge in [0.05, 0.1) is 53.7 Å². The third kappa shape index (κ3) is 7.64. The van der Waals surface area contributed by atoms with E-state index in [-0.39, 0.29) is 35.9 Å². The highest BCUT2D eigenvalue weighted by Crippen LogP contribution is 2.45. The number of hydrogen-bond donors (Lipinski definition) is 1. The summed E-state index contributed by atoms with van der Waals surface area (Å²) in [6.07, 6.45) is 15.0. The van der Waals surface area contributed by atoms with Crippen LogP contribution in [0.1, 0.15) is 62.5 Å². The van der Waals surface area contributed by atoms with Gasteiger partial charge >= 0.3 is 0 Å². The minimum atomic E-state index is -0.195. The van der Waals surface area contributed by atoms with Crippen LogP contribution in [-0.2, 0) is 39.3 Å². The molecule has 0 radical (unpaired) electrons. The standard InChI is InChI=1S/C48H49N9O4/c1-54-26-21-40(53-54)35-12-18-42-44(28-35)56(48(59)32-7-13-38(60-2)14-8-32)30-37-6-4-23-51-46(37)57(42)61-39-15-9-33(10-16-39)47(58)55-29-36-5-3-22-50-45(36)52-41-17-11-34(27-43(41)55)31-19-24-49-25-20-31/h3-6,11-12,17-28,32-33,38-39H,7-10,13-16,29-30H2,1-2H3,(H,50,52)/t32-,33-,38-,39-. The van der Waals surface area contributed by atoms with Crippen molar-refractivity contribution in [2.45, 2.75) is 76.7 Å². The predicted octanol–water partition coefficient (Wildman–Crippen LogP) is 8.91. The highest BCUT2D eigenvalue weighted by molar-refractivity contribution is 6.02. The van der Waals surface area contributed by atoms with E-state index in [2.05, 4.69) is 38.6 Å². The molecule has 310 valence electrons. The Kier molecular flexibility index (Phi) is 10.5. The van der Waals surface area contributed by atoms with Gasteiger partial charge in [-0.05, 0) is 117 Å². The zero-order valence-electron chi connectivity index (χ0n) is 34.5. The summed E-state index contributed by atoms with van der Waals surface area (Å²) in [5.41, 5.74) is 8.82. The van der Waals surface area contributed by atoms with Crippen LogP contribution >= 0.6 is 0 Å². The monoisotopic (exact) mass is 815 g/mol. The van der Waals surface area contributed by atoms with Crippen molar-refractivity contribution >= 4 is 46.2 Å². The van der Waals surface area contributed by atoms with E-state index in [1.54, 1.807) is 36.6 Å². The van der Waals surface area contributed by atoms with Crippen LogP contribution in [0.5, 0.6) is 0 Å². The number of pyridine rings is 3. The predicted molar refractivity (Wildman–Crippen MR) is 234 cm³/mol. The number of hydrogen-bond acceptors (Lipinski definition) is 10. The average molecular weight is 816 g/mol. The molecule has 4 aliphatic rings. The molecule has 2 saturated carbocycles. The van der Waals surface area contributed by atoms with Crippen LogP contribution in [-0.4, -0.2) is 55.9 Å². The number of aromatic nitrogens is 5. The molecule has 0 atom stereocenters. The fourth-order valence-electron chi connectivity index (χ4n) is 9.44. The van der Waals surface area contributed by atoms with Crippen molar-refractivity contribution in [2.75, 3.05) is 27.3 Å². The van der Waals surface area contributed by atoms with Gasteiger partial charge in [-0.15, -0.1) is 0 Å². The molecule has 10 rings (SSSR count). The number of fused-ring (bicyclic) bond motifs is 4. The molecule has 0 spiro atoms. The smallest absolute Gasteiger partial charge is 0.230 e. The lowest BCUT2D eigenvalue weighted by atomic mass is 9.86. The number of amides is 2. The normalized spacial score (nSPS) is 20.9. The van der Waals surface area contributed by atoms with Crippen molar-refractivity contribution in [1.82, 2.24) is 24.7 Å². The van der Waals surface area contributed by atoms with Crippen molar-refractivity contribution in [3.63, 3.8) is 0 Å². The van der Waals surface area contributed by atoms with Crippen LogP contribution in [0.4, 0.5) is 34.4 Å². The molecule has 0 unspecified atom stereocenters. The van der Waals surface area contributed by atoms with Gasteiger partial charge in [-0.1, -0.05) is 24.3 Å². The molecule has 2 aliphatic carbocycles. The Morgan fingerprint density at radius 2 is 1.31 bits per heavy atom. The van der Waals surface area contributed by atoms with Crippen molar-refractivity contribution in [3.05, 3.63) is 121 Å². The Morgan fingerprint density at radius 3 is 2.03 bits per heavy atom. The van der Waals surface area contributed by atoms with Crippen molar-refractivity contribution < 1.29 is 19.2 Å². The van der Waals surface area contributed by atoms with Gasteiger partial charge in [0, 0.05) is 73.7 Å². The van der Waals surface area contributed by atoms with Gasteiger partial charge < -0.3 is 19.9 Å². The fraction of sp³-hybridized carbons (Fsp3) is 0.333. The van der Waals surface area contributed by atoms with Gasteiger partial charge in [0.25, 0.3) is 0 Å². The lowest BCUT2D eigenvalue weighted by Crippen LogP contribution is -2.39. The molecule has 13 heteroatoms. The number of methoxy groups -OCH3 is 1.